The van der Waals surface area contributed by atoms with Crippen molar-refractivity contribution in [2.45, 2.75) is 12.3 Å². The number of hydrogen-bond donors (Lipinski definition) is 0. The first-order valence-electron chi connectivity index (χ1n) is 5.76. The molecule has 0 aliphatic carbocycles. The largest absolute Gasteiger partial charge is 0.496 e. The summed E-state index contributed by atoms with van der Waals surface area (Å²) < 4.78 is 7.58. The molecule has 1 unspecified atom stereocenters. The van der Waals surface area contributed by atoms with Crippen molar-refractivity contribution in [3.05, 3.63) is 61.1 Å². The number of hydrogen-bond acceptors (Lipinski definition) is 1. The molecule has 1 nitrogen and oxygen atoms in total. The van der Waals surface area contributed by atoms with E-state index in [0.717, 1.165) is 24.9 Å². The molecule has 2 aromatic carbocycles. The molecule has 2 aromatic rings. The van der Waals surface area contributed by atoms with Gasteiger partial charge >= 0.3 is 0 Å². The van der Waals surface area contributed by atoms with Gasteiger partial charge in [0.15, 0.2) is 0 Å². The molecule has 100 valence electrons. The zero-order valence-corrected chi connectivity index (χ0v) is 15.1. The van der Waals surface area contributed by atoms with Crippen LogP contribution in [-0.4, -0.2) is 7.11 Å². The lowest BCUT2D eigenvalue weighted by Gasteiger charge is -2.16. The van der Waals surface area contributed by atoms with Crippen molar-refractivity contribution in [1.82, 2.24) is 0 Å². The fraction of sp³-hybridized carbons (Fsp3) is 0.200. The van der Waals surface area contributed by atoms with Crippen LogP contribution in [0.4, 0.5) is 0 Å². The van der Waals surface area contributed by atoms with Crippen molar-refractivity contribution in [3.63, 3.8) is 0 Å². The monoisotopic (exact) mass is 450 g/mol. The average molecular weight is 452 g/mol. The van der Waals surface area contributed by atoms with Crippen molar-refractivity contribution in [2.24, 2.45) is 0 Å². The Labute approximate surface area is 140 Å². The minimum Gasteiger partial charge on any atom is -0.496 e. The van der Waals surface area contributed by atoms with Crippen molar-refractivity contribution >= 4 is 50.1 Å². The number of ether oxygens (including phenoxy) is 1. The Hall–Kier alpha value is -0.260. The quantitative estimate of drug-likeness (QED) is 0.430. The van der Waals surface area contributed by atoms with E-state index in [2.05, 4.69) is 57.6 Å². The van der Waals surface area contributed by atoms with E-state index >= 15 is 0 Å². The molecule has 19 heavy (non-hydrogen) atoms. The van der Waals surface area contributed by atoms with Gasteiger partial charge in [0.2, 0.25) is 0 Å². The number of halogens is 3. The van der Waals surface area contributed by atoms with Gasteiger partial charge in [-0.1, -0.05) is 33.6 Å². The summed E-state index contributed by atoms with van der Waals surface area (Å²) in [5.41, 5.74) is 3.22. The third-order valence-electron chi connectivity index (χ3n) is 2.89. The Morgan fingerprint density at radius 2 is 1.89 bits per heavy atom. The normalized spacial score (nSPS) is 12.3. The highest BCUT2D eigenvalue weighted by Crippen LogP contribution is 2.39. The molecule has 0 aliphatic rings. The summed E-state index contributed by atoms with van der Waals surface area (Å²) in [6.07, 6.45) is 0. The third-order valence-corrected chi connectivity index (χ3v) is 4.75. The van der Waals surface area contributed by atoms with E-state index in [1.54, 1.807) is 7.11 Å². The van der Waals surface area contributed by atoms with Crippen LogP contribution in [0.1, 0.15) is 22.1 Å². The zero-order chi connectivity index (χ0) is 14.0. The van der Waals surface area contributed by atoms with E-state index in [4.69, 9.17) is 16.3 Å². The van der Waals surface area contributed by atoms with Crippen LogP contribution in [0.3, 0.4) is 0 Å². The maximum absolute atomic E-state index is 6.65. The number of benzene rings is 2. The SMILES string of the molecule is COc1ccc(C)cc1C(Cl)c1cc(I)ccc1Br. The number of aryl methyl sites for hydroxylation is 1. The van der Waals surface area contributed by atoms with Crippen molar-refractivity contribution in [3.8, 4) is 5.75 Å². The molecule has 0 fully saturated rings. The van der Waals surface area contributed by atoms with E-state index in [9.17, 15) is 0 Å². The Balaban J connectivity index is 2.51. The fourth-order valence-electron chi connectivity index (χ4n) is 1.93. The zero-order valence-electron chi connectivity index (χ0n) is 10.6. The molecular formula is C15H13BrClIO. The molecule has 2 rings (SSSR count). The summed E-state index contributed by atoms with van der Waals surface area (Å²) in [5.74, 6) is 0.816. The highest BCUT2D eigenvalue weighted by atomic mass is 127. The van der Waals surface area contributed by atoms with Crippen molar-refractivity contribution < 1.29 is 4.74 Å². The summed E-state index contributed by atoms with van der Waals surface area (Å²) in [5, 5.41) is -0.237. The molecule has 0 bridgehead atoms. The summed E-state index contributed by atoms with van der Waals surface area (Å²) in [6, 6.07) is 12.2. The van der Waals surface area contributed by atoms with Crippen molar-refractivity contribution in [1.29, 1.82) is 0 Å². The van der Waals surface area contributed by atoms with Gasteiger partial charge < -0.3 is 4.74 Å². The minimum absolute atomic E-state index is 0.237. The van der Waals surface area contributed by atoms with E-state index in [1.807, 2.05) is 24.3 Å². The van der Waals surface area contributed by atoms with Gasteiger partial charge in [0.25, 0.3) is 0 Å². The maximum Gasteiger partial charge on any atom is 0.123 e. The lowest BCUT2D eigenvalue weighted by molar-refractivity contribution is 0.410. The highest BCUT2D eigenvalue weighted by Gasteiger charge is 2.18. The predicted octanol–water partition coefficient (Wildman–Crippen LogP) is 5.70. The van der Waals surface area contributed by atoms with Crippen LogP contribution in [0.25, 0.3) is 0 Å². The number of methoxy groups -OCH3 is 1. The molecule has 0 spiro atoms. The second-order valence-electron chi connectivity index (χ2n) is 4.27. The molecule has 1 atom stereocenters. The first-order chi connectivity index (χ1) is 9.02. The second kappa shape index (κ2) is 6.46. The first kappa shape index (κ1) is 15.1. The van der Waals surface area contributed by atoms with Crippen LogP contribution in [0.5, 0.6) is 5.75 Å². The van der Waals surface area contributed by atoms with E-state index < -0.39 is 0 Å². The molecule has 0 saturated carbocycles. The molecule has 0 aliphatic heterocycles. The summed E-state index contributed by atoms with van der Waals surface area (Å²) in [7, 11) is 1.67. The fourth-order valence-corrected chi connectivity index (χ4v) is 3.40. The molecule has 0 saturated heterocycles. The van der Waals surface area contributed by atoms with Gasteiger partial charge in [-0.15, -0.1) is 11.6 Å². The van der Waals surface area contributed by atoms with Crippen molar-refractivity contribution in [2.75, 3.05) is 7.11 Å². The summed E-state index contributed by atoms with van der Waals surface area (Å²) in [6.45, 7) is 2.05. The van der Waals surface area contributed by atoms with Crippen LogP contribution in [0.2, 0.25) is 0 Å². The van der Waals surface area contributed by atoms with Gasteiger partial charge in [0.05, 0.1) is 12.5 Å². The molecule has 4 heteroatoms. The number of rotatable bonds is 3. The van der Waals surface area contributed by atoms with Gasteiger partial charge in [-0.05, 0) is 59.3 Å². The van der Waals surface area contributed by atoms with Crippen LogP contribution in [0.15, 0.2) is 40.9 Å². The van der Waals surface area contributed by atoms with E-state index in [-0.39, 0.29) is 5.38 Å². The molecule has 0 heterocycles. The van der Waals surface area contributed by atoms with Crippen LogP contribution < -0.4 is 4.74 Å². The lowest BCUT2D eigenvalue weighted by atomic mass is 10.0. The van der Waals surface area contributed by atoms with Gasteiger partial charge in [-0.25, -0.2) is 0 Å². The standard InChI is InChI=1S/C15H13BrClIO/c1-9-3-6-14(19-2)12(7-9)15(17)11-8-10(18)4-5-13(11)16/h3-8,15H,1-2H3. The maximum atomic E-state index is 6.65. The Morgan fingerprint density at radius 3 is 2.58 bits per heavy atom. The second-order valence-corrected chi connectivity index (χ2v) is 6.81. The van der Waals surface area contributed by atoms with E-state index in [1.165, 1.54) is 5.56 Å². The Kier molecular flexibility index (Phi) is 5.15. The third kappa shape index (κ3) is 3.44. The first-order valence-corrected chi connectivity index (χ1v) is 8.07. The average Bonchev–Trinajstić information content (AvgIpc) is 2.40. The lowest BCUT2D eigenvalue weighted by Crippen LogP contribution is -1.99. The molecule has 0 aromatic heterocycles. The topological polar surface area (TPSA) is 9.23 Å². The highest BCUT2D eigenvalue weighted by molar-refractivity contribution is 14.1. The number of alkyl halides is 1. The molecule has 0 radical (unpaired) electrons. The Morgan fingerprint density at radius 1 is 1.16 bits per heavy atom. The van der Waals surface area contributed by atoms with Gasteiger partial charge in [-0.2, -0.15) is 0 Å². The summed E-state index contributed by atoms with van der Waals surface area (Å²) in [4.78, 5) is 0. The molecular weight excluding hydrogens is 438 g/mol. The van der Waals surface area contributed by atoms with Gasteiger partial charge in [-0.3, -0.25) is 0 Å². The van der Waals surface area contributed by atoms with Crippen LogP contribution >= 0.6 is 50.1 Å². The predicted molar refractivity (Wildman–Crippen MR) is 92.3 cm³/mol. The smallest absolute Gasteiger partial charge is 0.123 e. The van der Waals surface area contributed by atoms with Crippen LogP contribution in [-0.2, 0) is 0 Å². The molecule has 0 N–H and O–H groups in total. The minimum atomic E-state index is -0.237. The summed E-state index contributed by atoms with van der Waals surface area (Å²) >= 11 is 12.5. The Bertz CT molecular complexity index is 601. The van der Waals surface area contributed by atoms with E-state index in [0.29, 0.717) is 0 Å². The van der Waals surface area contributed by atoms with Gasteiger partial charge in [0, 0.05) is 13.6 Å². The van der Waals surface area contributed by atoms with Crippen LogP contribution in [0, 0.1) is 10.5 Å². The molecule has 0 amide bonds. The van der Waals surface area contributed by atoms with Gasteiger partial charge in [0.1, 0.15) is 5.75 Å².